The van der Waals surface area contributed by atoms with Crippen LogP contribution in [-0.2, 0) is 9.59 Å². The number of hydrogen-bond acceptors (Lipinski definition) is 3. The average Bonchev–Trinajstić information content (AvgIpc) is 2.53. The third-order valence-electron chi connectivity index (χ3n) is 3.83. The van der Waals surface area contributed by atoms with Gasteiger partial charge in [-0.25, -0.2) is 4.99 Å². The van der Waals surface area contributed by atoms with Gasteiger partial charge in [-0.2, -0.15) is 0 Å². The number of guanidine groups is 1. The van der Waals surface area contributed by atoms with Crippen LogP contribution in [-0.4, -0.2) is 62.4 Å². The van der Waals surface area contributed by atoms with Crippen LogP contribution >= 0.6 is 24.0 Å². The van der Waals surface area contributed by atoms with E-state index in [1.807, 2.05) is 6.92 Å². The second-order valence-electron chi connectivity index (χ2n) is 6.06. The normalized spacial score (nSPS) is 15.2. The highest BCUT2D eigenvalue weighted by Crippen LogP contribution is 2.17. The molecule has 0 radical (unpaired) electrons. The van der Waals surface area contributed by atoms with Crippen LogP contribution in [0.4, 0.5) is 0 Å². The van der Waals surface area contributed by atoms with Gasteiger partial charge in [0.2, 0.25) is 11.8 Å². The first-order chi connectivity index (χ1) is 11.0. The lowest BCUT2D eigenvalue weighted by atomic mass is 9.95. The van der Waals surface area contributed by atoms with Gasteiger partial charge < -0.3 is 20.9 Å². The predicted octanol–water partition coefficient (Wildman–Crippen LogP) is 1.09. The van der Waals surface area contributed by atoms with Crippen molar-refractivity contribution in [1.82, 2.24) is 20.9 Å². The van der Waals surface area contributed by atoms with Crippen molar-refractivity contribution in [2.75, 3.05) is 33.7 Å². The summed E-state index contributed by atoms with van der Waals surface area (Å²) in [4.78, 5) is 29.2. The summed E-state index contributed by atoms with van der Waals surface area (Å²) in [7, 11) is 3.40. The van der Waals surface area contributed by atoms with Crippen LogP contribution in [0.25, 0.3) is 0 Å². The molecule has 1 aliphatic carbocycles. The van der Waals surface area contributed by atoms with Gasteiger partial charge in [0.05, 0.1) is 0 Å². The Labute approximate surface area is 162 Å². The number of likely N-dealkylation sites (N-methyl/N-ethyl adjacent to an activating group) is 1. The van der Waals surface area contributed by atoms with Crippen LogP contribution in [0.2, 0.25) is 0 Å². The first-order valence-electron chi connectivity index (χ1n) is 8.54. The third kappa shape index (κ3) is 9.94. The summed E-state index contributed by atoms with van der Waals surface area (Å²) >= 11 is 0. The first-order valence-corrected chi connectivity index (χ1v) is 8.54. The largest absolute Gasteiger partial charge is 0.357 e. The molecular weight excluding hydrogens is 421 g/mol. The van der Waals surface area contributed by atoms with Gasteiger partial charge in [-0.3, -0.25) is 9.59 Å². The maximum Gasteiger partial charge on any atom is 0.243 e. The van der Waals surface area contributed by atoms with Gasteiger partial charge in [0, 0.05) is 39.6 Å². The second kappa shape index (κ2) is 13.3. The van der Waals surface area contributed by atoms with E-state index in [1.54, 1.807) is 14.1 Å². The average molecular weight is 453 g/mol. The minimum atomic E-state index is -0.0581. The van der Waals surface area contributed by atoms with E-state index >= 15 is 0 Å². The van der Waals surface area contributed by atoms with E-state index < -0.39 is 0 Å². The molecule has 0 aromatic rings. The molecule has 0 bridgehead atoms. The molecule has 1 aliphatic rings. The molecule has 0 aliphatic heterocycles. The Morgan fingerprint density at radius 1 is 1.12 bits per heavy atom. The quantitative estimate of drug-likeness (QED) is 0.306. The highest BCUT2D eigenvalue weighted by Gasteiger charge is 2.15. The zero-order valence-corrected chi connectivity index (χ0v) is 17.4. The molecule has 3 N–H and O–H groups in total. The Hall–Kier alpha value is -1.06. The van der Waals surface area contributed by atoms with Crippen LogP contribution < -0.4 is 16.0 Å². The SMILES string of the molecule is CCNC(=NCC(=O)N(C)C)NCCC(=O)NC1CCCCC1.I. The van der Waals surface area contributed by atoms with E-state index in [-0.39, 0.29) is 42.3 Å². The molecule has 0 atom stereocenters. The van der Waals surface area contributed by atoms with Gasteiger partial charge in [-0.15, -0.1) is 24.0 Å². The number of amides is 2. The Morgan fingerprint density at radius 2 is 1.79 bits per heavy atom. The van der Waals surface area contributed by atoms with Crippen molar-refractivity contribution in [2.24, 2.45) is 4.99 Å². The van der Waals surface area contributed by atoms with E-state index in [9.17, 15) is 9.59 Å². The fraction of sp³-hybridized carbons (Fsp3) is 0.812. The minimum Gasteiger partial charge on any atom is -0.357 e. The molecule has 1 rings (SSSR count). The van der Waals surface area contributed by atoms with Gasteiger partial charge in [0.1, 0.15) is 6.54 Å². The minimum absolute atomic E-state index is 0. The molecule has 24 heavy (non-hydrogen) atoms. The van der Waals surface area contributed by atoms with Gasteiger partial charge in [0.25, 0.3) is 0 Å². The standard InChI is InChI=1S/C16H31N5O2.HI/c1-4-17-16(19-12-15(23)21(2)3)18-11-10-14(22)20-13-8-6-5-7-9-13;/h13H,4-12H2,1-3H3,(H,20,22)(H2,17,18,19);1H. The third-order valence-corrected chi connectivity index (χ3v) is 3.83. The molecule has 0 heterocycles. The maximum absolute atomic E-state index is 11.9. The zero-order valence-electron chi connectivity index (χ0n) is 15.1. The van der Waals surface area contributed by atoms with Crippen molar-refractivity contribution in [2.45, 2.75) is 51.5 Å². The Balaban J connectivity index is 0.00000529. The number of nitrogens with zero attached hydrogens (tertiary/aromatic N) is 2. The lowest BCUT2D eigenvalue weighted by molar-refractivity contribution is -0.127. The lowest BCUT2D eigenvalue weighted by Gasteiger charge is -2.22. The van der Waals surface area contributed by atoms with Crippen molar-refractivity contribution >= 4 is 41.8 Å². The van der Waals surface area contributed by atoms with Crippen molar-refractivity contribution in [3.63, 3.8) is 0 Å². The van der Waals surface area contributed by atoms with E-state index in [2.05, 4.69) is 20.9 Å². The van der Waals surface area contributed by atoms with Crippen LogP contribution in [0.3, 0.4) is 0 Å². The predicted molar refractivity (Wildman–Crippen MR) is 108 cm³/mol. The molecule has 8 heteroatoms. The van der Waals surface area contributed by atoms with E-state index in [1.165, 1.54) is 24.2 Å². The van der Waals surface area contributed by atoms with Gasteiger partial charge >= 0.3 is 0 Å². The number of rotatable bonds is 7. The number of carbonyl (C=O) groups excluding carboxylic acids is 2. The second-order valence-corrected chi connectivity index (χ2v) is 6.06. The molecular formula is C16H32IN5O2. The summed E-state index contributed by atoms with van der Waals surface area (Å²) in [6.07, 6.45) is 6.29. The molecule has 7 nitrogen and oxygen atoms in total. The van der Waals surface area contributed by atoms with Crippen LogP contribution in [0.1, 0.15) is 45.4 Å². The molecule has 0 unspecified atom stereocenters. The van der Waals surface area contributed by atoms with Crippen LogP contribution in [0, 0.1) is 0 Å². The lowest BCUT2D eigenvalue weighted by Crippen LogP contribution is -2.41. The van der Waals surface area contributed by atoms with Crippen molar-refractivity contribution < 1.29 is 9.59 Å². The molecule has 140 valence electrons. The Morgan fingerprint density at radius 3 is 2.38 bits per heavy atom. The first kappa shape index (κ1) is 22.9. The maximum atomic E-state index is 11.9. The summed E-state index contributed by atoms with van der Waals surface area (Å²) in [5.41, 5.74) is 0. The zero-order chi connectivity index (χ0) is 17.1. The topological polar surface area (TPSA) is 85.8 Å². The number of hydrogen-bond donors (Lipinski definition) is 3. The smallest absolute Gasteiger partial charge is 0.243 e. The number of halogens is 1. The van der Waals surface area contributed by atoms with E-state index in [0.29, 0.717) is 31.5 Å². The van der Waals surface area contributed by atoms with Crippen LogP contribution in [0.15, 0.2) is 4.99 Å². The summed E-state index contributed by atoms with van der Waals surface area (Å²) < 4.78 is 0. The molecule has 1 saturated carbocycles. The van der Waals surface area contributed by atoms with Gasteiger partial charge in [-0.1, -0.05) is 19.3 Å². The highest BCUT2D eigenvalue weighted by atomic mass is 127. The summed E-state index contributed by atoms with van der Waals surface area (Å²) in [6.45, 7) is 3.26. The molecule has 0 saturated heterocycles. The summed E-state index contributed by atoms with van der Waals surface area (Å²) in [5.74, 6) is 0.579. The molecule has 2 amide bonds. The van der Waals surface area contributed by atoms with Crippen molar-refractivity contribution in [3.05, 3.63) is 0 Å². The number of nitrogens with one attached hydrogen (secondary N) is 3. The molecule has 0 aromatic heterocycles. The van der Waals surface area contributed by atoms with Crippen LogP contribution in [0.5, 0.6) is 0 Å². The van der Waals surface area contributed by atoms with Crippen molar-refractivity contribution in [3.8, 4) is 0 Å². The van der Waals surface area contributed by atoms with E-state index in [0.717, 1.165) is 12.8 Å². The summed E-state index contributed by atoms with van der Waals surface area (Å²) in [6, 6.07) is 0.343. The monoisotopic (exact) mass is 453 g/mol. The molecule has 1 fully saturated rings. The summed E-state index contributed by atoms with van der Waals surface area (Å²) in [5, 5.41) is 9.25. The Kier molecular flexibility index (Phi) is 12.7. The van der Waals surface area contributed by atoms with Gasteiger partial charge in [0.15, 0.2) is 5.96 Å². The fourth-order valence-corrected chi connectivity index (χ4v) is 2.47. The Bertz CT molecular complexity index is 409. The highest BCUT2D eigenvalue weighted by molar-refractivity contribution is 14.0. The number of carbonyl (C=O) groups is 2. The van der Waals surface area contributed by atoms with Crippen molar-refractivity contribution in [1.29, 1.82) is 0 Å². The van der Waals surface area contributed by atoms with E-state index in [4.69, 9.17) is 0 Å². The fourth-order valence-electron chi connectivity index (χ4n) is 2.47. The molecule has 0 aromatic carbocycles. The van der Waals surface area contributed by atoms with Gasteiger partial charge in [-0.05, 0) is 19.8 Å². The number of aliphatic imine (C=N–C) groups is 1. The molecule has 0 spiro atoms.